The van der Waals surface area contributed by atoms with Crippen LogP contribution >= 0.6 is 0 Å². The first kappa shape index (κ1) is 53.0. The van der Waals surface area contributed by atoms with Crippen LogP contribution in [-0.2, 0) is 36.8 Å². The van der Waals surface area contributed by atoms with Crippen molar-refractivity contribution in [2.45, 2.75) is 141 Å². The Morgan fingerprint density at radius 2 is 1.61 bits per heavy atom. The summed E-state index contributed by atoms with van der Waals surface area (Å²) >= 11 is 0. The SMILES string of the molecule is CCc1cccc2cc(OCOC)cc(-c3ncc4c(N5CC6CCC(C5)N6C(=O)OC(C)(C)C)nc(OCC5(CN6CCC(OC7CCN(c8ccc9c(c8)CN(C8CCC(=O)NC8=O)C9=O)CC7)CC6)CC5)nc4c3F)c12. The van der Waals surface area contributed by atoms with E-state index in [4.69, 9.17) is 38.6 Å². The van der Waals surface area contributed by atoms with Gasteiger partial charge in [-0.3, -0.25) is 29.6 Å². The molecule has 1 N–H and O–H groups in total. The maximum absolute atomic E-state index is 17.7. The molecule has 19 heteroatoms. The Hall–Kier alpha value is -6.70. The number of likely N-dealkylation sites (tertiary alicyclic amines) is 1. The first-order valence-electron chi connectivity index (χ1n) is 28.5. The highest BCUT2D eigenvalue weighted by Gasteiger charge is 2.47. The van der Waals surface area contributed by atoms with Crippen molar-refractivity contribution in [2.24, 2.45) is 5.41 Å². The van der Waals surface area contributed by atoms with Gasteiger partial charge in [-0.2, -0.15) is 9.97 Å². The molecule has 5 aromatic rings. The van der Waals surface area contributed by atoms with E-state index in [1.807, 2.05) is 62.1 Å². The molecule has 0 spiro atoms. The average molecular weight is 1080 g/mol. The highest BCUT2D eigenvalue weighted by atomic mass is 19.1. The van der Waals surface area contributed by atoms with Crippen LogP contribution in [0.1, 0.15) is 113 Å². The van der Waals surface area contributed by atoms with E-state index >= 15 is 4.39 Å². The molecule has 1 saturated carbocycles. The van der Waals surface area contributed by atoms with E-state index in [1.54, 1.807) is 18.2 Å². The number of benzene rings is 3. The van der Waals surface area contributed by atoms with Crippen LogP contribution in [0.15, 0.2) is 54.7 Å². The molecular weight excluding hydrogens is 1010 g/mol. The van der Waals surface area contributed by atoms with Crippen LogP contribution in [0.2, 0.25) is 0 Å². The quantitative estimate of drug-likeness (QED) is 0.0782. The number of nitrogens with one attached hydrogen (secondary N) is 1. The number of imide groups is 1. The minimum Gasteiger partial charge on any atom is -0.468 e. The molecule has 1 aliphatic carbocycles. The van der Waals surface area contributed by atoms with Gasteiger partial charge >= 0.3 is 12.1 Å². The summed E-state index contributed by atoms with van der Waals surface area (Å²) in [6, 6.07) is 15.1. The first-order valence-corrected chi connectivity index (χ1v) is 28.5. The second-order valence-corrected chi connectivity index (χ2v) is 23.9. The summed E-state index contributed by atoms with van der Waals surface area (Å²) in [5.74, 6) is -0.355. The molecule has 8 heterocycles. The lowest BCUT2D eigenvalue weighted by Crippen LogP contribution is -2.57. The van der Waals surface area contributed by atoms with Gasteiger partial charge in [-0.15, -0.1) is 0 Å². The van der Waals surface area contributed by atoms with Gasteiger partial charge in [0.15, 0.2) is 12.6 Å². The number of hydrogen-bond acceptors (Lipinski definition) is 15. The van der Waals surface area contributed by atoms with Crippen LogP contribution in [0.4, 0.5) is 20.7 Å². The number of carbonyl (C=O) groups is 4. The molecule has 3 unspecified atom stereocenters. The lowest BCUT2D eigenvalue weighted by Gasteiger charge is -2.42. The number of fused-ring (bicyclic) bond motifs is 5. The molecule has 3 aromatic carbocycles. The third-order valence-corrected chi connectivity index (χ3v) is 17.3. The van der Waals surface area contributed by atoms with E-state index in [9.17, 15) is 19.2 Å². The van der Waals surface area contributed by atoms with E-state index in [-0.39, 0.29) is 78.0 Å². The number of halogens is 1. The first-order chi connectivity index (χ1) is 38.1. The monoisotopic (exact) mass is 1080 g/mol. The number of amides is 4. The molecule has 5 saturated heterocycles. The second-order valence-electron chi connectivity index (χ2n) is 23.9. The molecule has 18 nitrogen and oxygen atoms in total. The summed E-state index contributed by atoms with van der Waals surface area (Å²) in [6.07, 6.45) is 10.4. The summed E-state index contributed by atoms with van der Waals surface area (Å²) in [5, 5.41) is 4.65. The third-order valence-electron chi connectivity index (χ3n) is 17.3. The number of anilines is 2. The van der Waals surface area contributed by atoms with E-state index in [1.165, 1.54) is 0 Å². The summed E-state index contributed by atoms with van der Waals surface area (Å²) in [6.45, 7) is 13.9. The number of piperazine rings is 1. The van der Waals surface area contributed by atoms with Gasteiger partial charge in [0.2, 0.25) is 11.8 Å². The molecule has 418 valence electrons. The second kappa shape index (κ2) is 21.4. The molecule has 0 radical (unpaired) electrons. The van der Waals surface area contributed by atoms with Crippen molar-refractivity contribution in [3.8, 4) is 23.0 Å². The number of rotatable bonds is 15. The van der Waals surface area contributed by atoms with Gasteiger partial charge in [0.1, 0.15) is 34.4 Å². The number of ether oxygens (including phenoxy) is 5. The molecule has 4 amide bonds. The van der Waals surface area contributed by atoms with Gasteiger partial charge < -0.3 is 43.3 Å². The van der Waals surface area contributed by atoms with Crippen LogP contribution in [0, 0.1) is 11.2 Å². The summed E-state index contributed by atoms with van der Waals surface area (Å²) in [4.78, 5) is 76.4. The normalized spacial score (nSPS) is 22.7. The van der Waals surface area contributed by atoms with Gasteiger partial charge in [0.25, 0.3) is 5.91 Å². The Labute approximate surface area is 460 Å². The number of methoxy groups -OCH3 is 1. The highest BCUT2D eigenvalue weighted by molar-refractivity contribution is 6.06. The van der Waals surface area contributed by atoms with Gasteiger partial charge in [-0.1, -0.05) is 25.1 Å². The van der Waals surface area contributed by atoms with E-state index < -0.39 is 23.4 Å². The van der Waals surface area contributed by atoms with Gasteiger partial charge in [0.05, 0.1) is 36.3 Å². The van der Waals surface area contributed by atoms with Crippen LogP contribution in [0.3, 0.4) is 0 Å². The zero-order valence-electron chi connectivity index (χ0n) is 46.1. The predicted molar refractivity (Wildman–Crippen MR) is 295 cm³/mol. The highest BCUT2D eigenvalue weighted by Crippen LogP contribution is 2.48. The number of nitrogens with zero attached hydrogens (tertiary/aromatic N) is 8. The minimum absolute atomic E-state index is 0.0333. The molecule has 3 atom stereocenters. The van der Waals surface area contributed by atoms with Crippen LogP contribution in [-0.4, -0.2) is 156 Å². The number of aromatic nitrogens is 3. The van der Waals surface area contributed by atoms with E-state index in [0.29, 0.717) is 60.7 Å². The fourth-order valence-corrected chi connectivity index (χ4v) is 13.1. The van der Waals surface area contributed by atoms with Crippen molar-refractivity contribution in [1.82, 2.24) is 35.0 Å². The molecule has 7 aliphatic rings. The van der Waals surface area contributed by atoms with Gasteiger partial charge in [0, 0.05) is 94.3 Å². The van der Waals surface area contributed by atoms with E-state index in [2.05, 4.69) is 39.1 Å². The van der Waals surface area contributed by atoms with Crippen LogP contribution in [0.5, 0.6) is 11.8 Å². The maximum Gasteiger partial charge on any atom is 0.410 e. The fourth-order valence-electron chi connectivity index (χ4n) is 13.1. The molecule has 2 aromatic heterocycles. The van der Waals surface area contributed by atoms with Crippen LogP contribution in [0.25, 0.3) is 32.9 Å². The number of carbonyl (C=O) groups excluding carboxylic acids is 4. The summed E-state index contributed by atoms with van der Waals surface area (Å²) < 4.78 is 48.1. The fraction of sp³-hybridized carbons (Fsp3) is 0.550. The molecule has 6 aliphatic heterocycles. The van der Waals surface area contributed by atoms with Gasteiger partial charge in [-0.25, -0.2) is 9.18 Å². The number of aryl methyl sites for hydroxylation is 1. The van der Waals surface area contributed by atoms with E-state index in [0.717, 1.165) is 118 Å². The maximum atomic E-state index is 17.7. The Morgan fingerprint density at radius 3 is 2.30 bits per heavy atom. The van der Waals surface area contributed by atoms with Crippen molar-refractivity contribution in [3.05, 3.63) is 77.2 Å². The summed E-state index contributed by atoms with van der Waals surface area (Å²) in [5.41, 5.74) is 3.83. The largest absolute Gasteiger partial charge is 0.468 e. The number of piperidine rings is 3. The molecule has 6 fully saturated rings. The lowest BCUT2D eigenvalue weighted by atomic mass is 9.95. The average Bonchev–Trinajstić information content (AvgIpc) is 4.22. The number of hydrogen-bond donors (Lipinski definition) is 1. The van der Waals surface area contributed by atoms with Crippen molar-refractivity contribution in [3.63, 3.8) is 0 Å². The molecule has 2 bridgehead atoms. The summed E-state index contributed by atoms with van der Waals surface area (Å²) in [7, 11) is 1.56. The van der Waals surface area contributed by atoms with Gasteiger partial charge in [-0.05, 0) is 137 Å². The Kier molecular flexibility index (Phi) is 14.4. The lowest BCUT2D eigenvalue weighted by molar-refractivity contribution is -0.136. The topological polar surface area (TPSA) is 181 Å². The smallest absolute Gasteiger partial charge is 0.410 e. The minimum atomic E-state index is -0.628. The predicted octanol–water partition coefficient (Wildman–Crippen LogP) is 8.19. The van der Waals surface area contributed by atoms with Crippen molar-refractivity contribution in [1.29, 1.82) is 0 Å². The molecule has 12 rings (SSSR count). The number of pyridine rings is 1. The molecular formula is C60H72FN9O9. The van der Waals surface area contributed by atoms with Crippen LogP contribution < -0.4 is 24.6 Å². The van der Waals surface area contributed by atoms with Crippen molar-refractivity contribution < 1.29 is 47.3 Å². The third kappa shape index (κ3) is 10.8. The van der Waals surface area contributed by atoms with Crippen molar-refractivity contribution in [2.75, 3.05) is 76.1 Å². The standard InChI is InChI=1S/C60H72FN9O9/c1-6-36-8-7-9-37-27-44(77-35-75-5)28-46(50(36)37)52-51(61)53-47(29-62-52)54(68-31-40-10-11-41(32-68)70(40)58(74)79-59(2,3)4)65-57(64-53)76-34-60(20-21-60)33-66-22-16-42(17-23-66)78-43-18-24-67(25-19-43)39-12-13-45-38(26-39)30-69(56(45)73)48-14-15-49(71)63-55(48)72/h7-9,12-13,26-29,40-43,48H,6,10-11,14-25,30-35H2,1-5H3,(H,63,71,72). The molecule has 79 heavy (non-hydrogen) atoms. The Morgan fingerprint density at radius 1 is 0.861 bits per heavy atom. The Balaban J connectivity index is 0.711. The van der Waals surface area contributed by atoms with Crippen molar-refractivity contribution >= 4 is 57.0 Å². The zero-order valence-corrected chi connectivity index (χ0v) is 46.1. The Bertz CT molecular complexity index is 3170. The zero-order chi connectivity index (χ0) is 54.7.